The van der Waals surface area contributed by atoms with Crippen LogP contribution in [0, 0.1) is 0 Å². The van der Waals surface area contributed by atoms with Crippen molar-refractivity contribution in [2.24, 2.45) is 0 Å². The summed E-state index contributed by atoms with van der Waals surface area (Å²) >= 11 is 5.91. The van der Waals surface area contributed by atoms with Crippen molar-refractivity contribution in [2.75, 3.05) is 6.61 Å². The number of rotatable bonds is 4. The Balaban J connectivity index is 2.50. The van der Waals surface area contributed by atoms with Crippen LogP contribution in [0.4, 0.5) is 0 Å². The van der Waals surface area contributed by atoms with E-state index in [1.54, 1.807) is 0 Å². The molecule has 0 saturated carbocycles. The van der Waals surface area contributed by atoms with E-state index < -0.39 is 0 Å². The predicted octanol–water partition coefficient (Wildman–Crippen LogP) is 3.33. The molecule has 0 bridgehead atoms. The van der Waals surface area contributed by atoms with Crippen molar-refractivity contribution >= 4 is 17.5 Å². The van der Waals surface area contributed by atoms with Gasteiger partial charge in [-0.1, -0.05) is 23.7 Å². The van der Waals surface area contributed by atoms with Crippen molar-refractivity contribution < 1.29 is 9.53 Å². The molecule has 0 unspecified atom stereocenters. The number of hydrogen-bond donors (Lipinski definition) is 1. The van der Waals surface area contributed by atoms with Crippen LogP contribution in [0.25, 0.3) is 0 Å². The SMILES string of the molecule is C[C@H](NC(=O)COC(C)(C)C)c1cccc(Cl)c1. The normalized spacial score (nSPS) is 13.2. The fourth-order valence-electron chi connectivity index (χ4n) is 1.42. The van der Waals surface area contributed by atoms with Crippen LogP contribution in [-0.2, 0) is 9.53 Å². The quantitative estimate of drug-likeness (QED) is 0.910. The minimum absolute atomic E-state index is 0.0639. The third kappa shape index (κ3) is 5.52. The molecule has 18 heavy (non-hydrogen) atoms. The summed E-state index contributed by atoms with van der Waals surface area (Å²) in [5, 5.41) is 3.54. The Labute approximate surface area is 113 Å². The fourth-order valence-corrected chi connectivity index (χ4v) is 1.62. The molecule has 0 aliphatic carbocycles. The van der Waals surface area contributed by atoms with Crippen molar-refractivity contribution in [3.63, 3.8) is 0 Å². The Bertz CT molecular complexity index is 413. The van der Waals surface area contributed by atoms with Gasteiger partial charge in [0.15, 0.2) is 0 Å². The molecule has 1 N–H and O–H groups in total. The lowest BCUT2D eigenvalue weighted by Crippen LogP contribution is -2.33. The van der Waals surface area contributed by atoms with Crippen LogP contribution in [0.1, 0.15) is 39.3 Å². The van der Waals surface area contributed by atoms with E-state index >= 15 is 0 Å². The third-order valence-electron chi connectivity index (χ3n) is 2.36. The monoisotopic (exact) mass is 269 g/mol. The Hall–Kier alpha value is -1.06. The van der Waals surface area contributed by atoms with Crippen LogP contribution in [-0.4, -0.2) is 18.1 Å². The van der Waals surface area contributed by atoms with Crippen LogP contribution < -0.4 is 5.32 Å². The molecule has 0 aliphatic rings. The van der Waals surface area contributed by atoms with Gasteiger partial charge < -0.3 is 10.1 Å². The molecule has 0 radical (unpaired) electrons. The molecule has 1 aromatic carbocycles. The molecule has 0 spiro atoms. The Morgan fingerprint density at radius 2 is 2.11 bits per heavy atom. The maximum atomic E-state index is 11.7. The molecule has 0 aromatic heterocycles. The van der Waals surface area contributed by atoms with Crippen molar-refractivity contribution in [3.8, 4) is 0 Å². The second-order valence-electron chi connectivity index (χ2n) is 5.25. The molecule has 0 heterocycles. The second-order valence-corrected chi connectivity index (χ2v) is 5.68. The topological polar surface area (TPSA) is 38.3 Å². The van der Waals surface area contributed by atoms with Gasteiger partial charge in [-0.15, -0.1) is 0 Å². The van der Waals surface area contributed by atoms with Crippen molar-refractivity contribution in [3.05, 3.63) is 34.9 Å². The summed E-state index contributed by atoms with van der Waals surface area (Å²) in [7, 11) is 0. The molecule has 1 atom stereocenters. The Morgan fingerprint density at radius 1 is 1.44 bits per heavy atom. The minimum atomic E-state index is -0.309. The zero-order valence-electron chi connectivity index (χ0n) is 11.3. The summed E-state index contributed by atoms with van der Waals surface area (Å²) in [6, 6.07) is 7.37. The standard InChI is InChI=1S/C14H20ClNO2/c1-10(11-6-5-7-12(15)8-11)16-13(17)9-18-14(2,3)4/h5-8,10H,9H2,1-4H3,(H,16,17)/t10-/m0/s1. The first-order chi connectivity index (χ1) is 8.28. The highest BCUT2D eigenvalue weighted by molar-refractivity contribution is 6.30. The number of halogens is 1. The highest BCUT2D eigenvalue weighted by Crippen LogP contribution is 2.17. The van der Waals surface area contributed by atoms with E-state index in [0.29, 0.717) is 5.02 Å². The van der Waals surface area contributed by atoms with Crippen molar-refractivity contribution in [2.45, 2.75) is 39.3 Å². The molecule has 1 amide bonds. The van der Waals surface area contributed by atoms with Gasteiger partial charge >= 0.3 is 0 Å². The molecule has 0 saturated heterocycles. The predicted molar refractivity (Wildman–Crippen MR) is 73.7 cm³/mol. The molecule has 1 aromatic rings. The van der Waals surface area contributed by atoms with Crippen LogP contribution in [0.5, 0.6) is 0 Å². The summed E-state index contributed by atoms with van der Waals surface area (Å²) in [4.78, 5) is 11.7. The number of hydrogen-bond acceptors (Lipinski definition) is 2. The summed E-state index contributed by atoms with van der Waals surface area (Å²) in [6.07, 6.45) is 0. The molecule has 3 nitrogen and oxygen atoms in total. The molecule has 0 aliphatic heterocycles. The highest BCUT2D eigenvalue weighted by Gasteiger charge is 2.15. The largest absolute Gasteiger partial charge is 0.366 e. The molecular formula is C14H20ClNO2. The number of amides is 1. The van der Waals surface area contributed by atoms with E-state index in [2.05, 4.69) is 5.32 Å². The smallest absolute Gasteiger partial charge is 0.246 e. The lowest BCUT2D eigenvalue weighted by Gasteiger charge is -2.20. The average molecular weight is 270 g/mol. The number of nitrogens with one attached hydrogen (secondary N) is 1. The van der Waals surface area contributed by atoms with Gasteiger partial charge in [0.05, 0.1) is 11.6 Å². The summed E-state index contributed by atoms with van der Waals surface area (Å²) in [6.45, 7) is 7.73. The lowest BCUT2D eigenvalue weighted by atomic mass is 10.1. The van der Waals surface area contributed by atoms with Gasteiger partial charge in [-0.3, -0.25) is 4.79 Å². The average Bonchev–Trinajstić information content (AvgIpc) is 2.25. The fraction of sp³-hybridized carbons (Fsp3) is 0.500. The molecular weight excluding hydrogens is 250 g/mol. The van der Waals surface area contributed by atoms with E-state index in [1.165, 1.54) is 0 Å². The molecule has 4 heteroatoms. The van der Waals surface area contributed by atoms with Gasteiger partial charge in [0.1, 0.15) is 6.61 Å². The minimum Gasteiger partial charge on any atom is -0.366 e. The first kappa shape index (κ1) is 15.0. The van der Waals surface area contributed by atoms with Crippen LogP contribution in [0.2, 0.25) is 5.02 Å². The number of benzene rings is 1. The van der Waals surface area contributed by atoms with Crippen molar-refractivity contribution in [1.29, 1.82) is 0 Å². The van der Waals surface area contributed by atoms with Crippen LogP contribution >= 0.6 is 11.6 Å². The summed E-state index contributed by atoms with van der Waals surface area (Å²) in [5.74, 6) is -0.127. The van der Waals surface area contributed by atoms with E-state index in [9.17, 15) is 4.79 Å². The Kier molecular flexibility index (Phi) is 5.17. The summed E-state index contributed by atoms with van der Waals surface area (Å²) < 4.78 is 5.41. The Morgan fingerprint density at radius 3 is 2.67 bits per heavy atom. The zero-order chi connectivity index (χ0) is 13.8. The van der Waals surface area contributed by atoms with E-state index in [1.807, 2.05) is 52.0 Å². The maximum absolute atomic E-state index is 11.7. The first-order valence-corrected chi connectivity index (χ1v) is 6.34. The van der Waals surface area contributed by atoms with Gasteiger partial charge in [-0.2, -0.15) is 0 Å². The van der Waals surface area contributed by atoms with Gasteiger partial charge in [0, 0.05) is 5.02 Å². The van der Waals surface area contributed by atoms with E-state index in [4.69, 9.17) is 16.3 Å². The van der Waals surface area contributed by atoms with Crippen LogP contribution in [0.3, 0.4) is 0 Å². The number of carbonyl (C=O) groups excluding carboxylic acids is 1. The van der Waals surface area contributed by atoms with E-state index in [-0.39, 0.29) is 24.2 Å². The van der Waals surface area contributed by atoms with Crippen LogP contribution in [0.15, 0.2) is 24.3 Å². The molecule has 1 rings (SSSR count). The van der Waals surface area contributed by atoms with Crippen molar-refractivity contribution in [1.82, 2.24) is 5.32 Å². The first-order valence-electron chi connectivity index (χ1n) is 5.97. The number of carbonyl (C=O) groups is 1. The second kappa shape index (κ2) is 6.21. The molecule has 0 fully saturated rings. The lowest BCUT2D eigenvalue weighted by molar-refractivity contribution is -0.131. The summed E-state index contributed by atoms with van der Waals surface area (Å²) in [5.41, 5.74) is 0.669. The maximum Gasteiger partial charge on any atom is 0.246 e. The van der Waals surface area contributed by atoms with Gasteiger partial charge in [0.25, 0.3) is 0 Å². The number of ether oxygens (including phenoxy) is 1. The van der Waals surface area contributed by atoms with Gasteiger partial charge in [-0.25, -0.2) is 0 Å². The zero-order valence-corrected chi connectivity index (χ0v) is 12.0. The molecule has 100 valence electrons. The third-order valence-corrected chi connectivity index (χ3v) is 2.60. The van der Waals surface area contributed by atoms with Gasteiger partial charge in [0.2, 0.25) is 5.91 Å². The van der Waals surface area contributed by atoms with E-state index in [0.717, 1.165) is 5.56 Å². The highest BCUT2D eigenvalue weighted by atomic mass is 35.5. The van der Waals surface area contributed by atoms with Gasteiger partial charge in [-0.05, 0) is 45.4 Å².